The van der Waals surface area contributed by atoms with Gasteiger partial charge in [-0.25, -0.2) is 0 Å². The van der Waals surface area contributed by atoms with Gasteiger partial charge in [-0.1, -0.05) is 87.8 Å². The zero-order valence-electron chi connectivity index (χ0n) is 18.7. The number of benzene rings is 2. The highest BCUT2D eigenvalue weighted by atomic mass is 79.9. The predicted octanol–water partition coefficient (Wildman–Crippen LogP) is 7.45. The maximum atomic E-state index is 6.07. The molecule has 0 bridgehead atoms. The minimum atomic E-state index is -0.333. The van der Waals surface area contributed by atoms with Crippen molar-refractivity contribution >= 4 is 15.9 Å². The van der Waals surface area contributed by atoms with E-state index in [0.29, 0.717) is 13.2 Å². The van der Waals surface area contributed by atoms with E-state index in [1.165, 1.54) is 11.1 Å². The molecule has 0 atom stereocenters. The van der Waals surface area contributed by atoms with E-state index in [4.69, 9.17) is 9.47 Å². The van der Waals surface area contributed by atoms with Crippen molar-refractivity contribution in [1.82, 2.24) is 0 Å². The molecule has 0 aliphatic carbocycles. The van der Waals surface area contributed by atoms with E-state index in [1.54, 1.807) is 0 Å². The molecule has 0 heterocycles. The third-order valence-corrected chi connectivity index (χ3v) is 5.73. The summed E-state index contributed by atoms with van der Waals surface area (Å²) in [5.74, 6) is 1.72. The lowest BCUT2D eigenvalue weighted by molar-refractivity contribution is 0.204. The molecule has 0 aliphatic heterocycles. The van der Waals surface area contributed by atoms with Gasteiger partial charge in [0.25, 0.3) is 0 Å². The summed E-state index contributed by atoms with van der Waals surface area (Å²) in [6, 6.07) is 16.7. The number of hydrogen-bond acceptors (Lipinski definition) is 2. The molecule has 2 aromatic carbocycles. The van der Waals surface area contributed by atoms with Crippen molar-refractivity contribution in [1.29, 1.82) is 0 Å². The quantitative estimate of drug-likeness (QED) is 0.302. The van der Waals surface area contributed by atoms with Crippen LogP contribution in [-0.4, -0.2) is 17.5 Å². The lowest BCUT2D eigenvalue weighted by Crippen LogP contribution is -2.35. The van der Waals surface area contributed by atoms with Crippen molar-refractivity contribution in [2.24, 2.45) is 0 Å². The average Bonchev–Trinajstić information content (AvgIpc) is 2.64. The van der Waals surface area contributed by atoms with Gasteiger partial charge in [0.1, 0.15) is 24.7 Å². The summed E-state index contributed by atoms with van der Waals surface area (Å²) < 4.78 is 11.8. The van der Waals surface area contributed by atoms with E-state index in [2.05, 4.69) is 88.3 Å². The molecule has 0 radical (unpaired) electrons. The maximum Gasteiger partial charge on any atom is 0.119 e. The predicted molar refractivity (Wildman–Crippen MR) is 128 cm³/mol. The number of halogens is 1. The zero-order chi connectivity index (χ0) is 21.7. The van der Waals surface area contributed by atoms with Crippen molar-refractivity contribution in [3.63, 3.8) is 0 Å². The minimum absolute atomic E-state index is 0.136. The SMILES string of the molecule is C=CCC(Br)(COc1ccc(C(C)(C)C)cc1)COc1ccc(C(C)(C)C)cc1. The molecule has 0 unspecified atom stereocenters. The van der Waals surface area contributed by atoms with Gasteiger partial charge >= 0.3 is 0 Å². The smallest absolute Gasteiger partial charge is 0.119 e. The van der Waals surface area contributed by atoms with Crippen LogP contribution in [0.25, 0.3) is 0 Å². The van der Waals surface area contributed by atoms with E-state index in [1.807, 2.05) is 30.3 Å². The first-order valence-electron chi connectivity index (χ1n) is 10.2. The van der Waals surface area contributed by atoms with Gasteiger partial charge in [0.05, 0.1) is 4.32 Å². The second-order valence-electron chi connectivity index (χ2n) is 9.77. The third-order valence-electron chi connectivity index (χ3n) is 4.95. The number of allylic oxidation sites excluding steroid dienone is 1. The second kappa shape index (κ2) is 9.38. The van der Waals surface area contributed by atoms with Gasteiger partial charge in [0.15, 0.2) is 0 Å². The molecule has 0 aromatic heterocycles. The Hall–Kier alpha value is -1.74. The molecular weight excluding hydrogens is 424 g/mol. The number of alkyl halides is 1. The normalized spacial score (nSPS) is 12.5. The lowest BCUT2D eigenvalue weighted by Gasteiger charge is -2.27. The summed E-state index contributed by atoms with van der Waals surface area (Å²) in [5, 5.41) is 0. The van der Waals surface area contributed by atoms with Crippen LogP contribution >= 0.6 is 15.9 Å². The number of ether oxygens (including phenoxy) is 2. The Balaban J connectivity index is 1.99. The van der Waals surface area contributed by atoms with E-state index in [-0.39, 0.29) is 15.2 Å². The van der Waals surface area contributed by atoms with Crippen LogP contribution in [0.15, 0.2) is 61.2 Å². The standard InChI is InChI=1S/C26H35BrO2/c1-8-17-26(27,18-28-22-13-9-20(10-14-22)24(2,3)4)19-29-23-15-11-21(12-16-23)25(5,6)7/h8-16H,1,17-19H2,2-7H3. The van der Waals surface area contributed by atoms with Gasteiger partial charge in [0.2, 0.25) is 0 Å². The zero-order valence-corrected chi connectivity index (χ0v) is 20.3. The average molecular weight is 459 g/mol. The Bertz CT molecular complexity index is 716. The van der Waals surface area contributed by atoms with Gasteiger partial charge in [-0.2, -0.15) is 0 Å². The van der Waals surface area contributed by atoms with Crippen LogP contribution in [0.4, 0.5) is 0 Å². The topological polar surface area (TPSA) is 18.5 Å². The van der Waals surface area contributed by atoms with E-state index in [9.17, 15) is 0 Å². The molecule has 0 N–H and O–H groups in total. The van der Waals surface area contributed by atoms with Crippen LogP contribution in [0.2, 0.25) is 0 Å². The summed E-state index contributed by atoms with van der Waals surface area (Å²) >= 11 is 3.83. The summed E-state index contributed by atoms with van der Waals surface area (Å²) in [7, 11) is 0. The maximum absolute atomic E-state index is 6.07. The van der Waals surface area contributed by atoms with Crippen LogP contribution in [0.3, 0.4) is 0 Å². The fourth-order valence-corrected chi connectivity index (χ4v) is 3.40. The molecule has 0 saturated carbocycles. The lowest BCUT2D eigenvalue weighted by atomic mass is 9.87. The van der Waals surface area contributed by atoms with Crippen LogP contribution in [-0.2, 0) is 10.8 Å². The first-order valence-corrected chi connectivity index (χ1v) is 11.0. The molecule has 2 rings (SSSR count). The highest BCUT2D eigenvalue weighted by Gasteiger charge is 2.28. The van der Waals surface area contributed by atoms with Gasteiger partial charge in [-0.3, -0.25) is 0 Å². The van der Waals surface area contributed by atoms with E-state index < -0.39 is 0 Å². The van der Waals surface area contributed by atoms with E-state index >= 15 is 0 Å². The Labute approximate surface area is 185 Å². The van der Waals surface area contributed by atoms with Crippen molar-refractivity contribution < 1.29 is 9.47 Å². The summed E-state index contributed by atoms with van der Waals surface area (Å²) in [6.07, 6.45) is 2.64. The monoisotopic (exact) mass is 458 g/mol. The van der Waals surface area contributed by atoms with Crippen molar-refractivity contribution in [2.45, 2.75) is 63.1 Å². The largest absolute Gasteiger partial charge is 0.492 e. The Morgan fingerprint density at radius 1 is 0.724 bits per heavy atom. The van der Waals surface area contributed by atoms with Gasteiger partial charge < -0.3 is 9.47 Å². The molecule has 0 spiro atoms. The molecule has 29 heavy (non-hydrogen) atoms. The summed E-state index contributed by atoms with van der Waals surface area (Å²) in [6.45, 7) is 18.1. The van der Waals surface area contributed by atoms with Crippen molar-refractivity contribution in [3.05, 3.63) is 72.3 Å². The number of rotatable bonds is 8. The molecule has 0 amide bonds. The molecule has 0 aliphatic rings. The highest BCUT2D eigenvalue weighted by Crippen LogP contribution is 2.29. The molecule has 3 heteroatoms. The molecule has 0 saturated heterocycles. The molecule has 2 nitrogen and oxygen atoms in total. The van der Waals surface area contributed by atoms with Crippen molar-refractivity contribution in [2.75, 3.05) is 13.2 Å². The molecule has 2 aromatic rings. The molecular formula is C26H35BrO2. The van der Waals surface area contributed by atoms with Crippen LogP contribution in [0.5, 0.6) is 11.5 Å². The second-order valence-corrected chi connectivity index (χ2v) is 11.5. The Morgan fingerprint density at radius 2 is 1.07 bits per heavy atom. The Morgan fingerprint density at radius 3 is 1.34 bits per heavy atom. The Kier molecular flexibility index (Phi) is 7.62. The highest BCUT2D eigenvalue weighted by molar-refractivity contribution is 9.10. The van der Waals surface area contributed by atoms with E-state index in [0.717, 1.165) is 17.9 Å². The fourth-order valence-electron chi connectivity index (χ4n) is 2.95. The first-order chi connectivity index (χ1) is 13.4. The first kappa shape index (κ1) is 23.5. The fraction of sp³-hybridized carbons (Fsp3) is 0.462. The summed E-state index contributed by atoms with van der Waals surface area (Å²) in [4.78, 5) is 0. The number of hydrogen-bond donors (Lipinski definition) is 0. The molecule has 158 valence electrons. The van der Waals surface area contributed by atoms with Crippen LogP contribution in [0, 0.1) is 0 Å². The summed E-state index contributed by atoms with van der Waals surface area (Å²) in [5.41, 5.74) is 2.86. The third kappa shape index (κ3) is 7.22. The van der Waals surface area contributed by atoms with Gasteiger partial charge in [-0.05, 0) is 52.6 Å². The van der Waals surface area contributed by atoms with Crippen LogP contribution < -0.4 is 9.47 Å². The van der Waals surface area contributed by atoms with Crippen LogP contribution in [0.1, 0.15) is 59.1 Å². The van der Waals surface area contributed by atoms with Gasteiger partial charge in [-0.15, -0.1) is 6.58 Å². The van der Waals surface area contributed by atoms with Crippen molar-refractivity contribution in [3.8, 4) is 11.5 Å². The minimum Gasteiger partial charge on any atom is -0.492 e. The molecule has 0 fully saturated rings. The van der Waals surface area contributed by atoms with Gasteiger partial charge in [0, 0.05) is 0 Å².